The van der Waals surface area contributed by atoms with Gasteiger partial charge in [-0.15, -0.1) is 70.8 Å². The van der Waals surface area contributed by atoms with Crippen molar-refractivity contribution in [1.82, 2.24) is 15.0 Å². The van der Waals surface area contributed by atoms with E-state index >= 15 is 0 Å². The number of benzene rings is 9. The fourth-order valence-corrected chi connectivity index (χ4v) is 10.2. The number of pyridine rings is 3. The van der Waals surface area contributed by atoms with E-state index in [9.17, 15) is 10.5 Å². The third-order valence-electron chi connectivity index (χ3n) is 14.0. The number of fused-ring (bicyclic) bond motifs is 3. The quantitative estimate of drug-likeness (QED) is 0.0951. The number of hydrogen-bond acceptors (Lipinski definition) is 5. The predicted octanol–water partition coefficient (Wildman–Crippen LogP) is 17.0. The number of nitriles is 2. The van der Waals surface area contributed by atoms with Gasteiger partial charge in [0.1, 0.15) is 5.69 Å². The Balaban J connectivity index is 0.00000631. The Hall–Kier alpha value is -9.93. The SMILES string of the molecule is [C-]#[N+]c1cc(-c2ccccn2)[c-]cc1CCc1cc(-c2ccccc2-c2c[c-]c(-c3ccccn3)cc2C#N)cc(-c2ccccc2-c2c[c-]c(-c3cc(-c4ccc5c(ccc6ccccc65)c4)ccn3)cc2C#N)c1.[Ir+3]. The first-order valence-corrected chi connectivity index (χ1v) is 24.9. The van der Waals surface area contributed by atoms with Gasteiger partial charge in [0.15, 0.2) is 0 Å². The van der Waals surface area contributed by atoms with Gasteiger partial charge in [0.2, 0.25) is 0 Å². The summed E-state index contributed by atoms with van der Waals surface area (Å²) in [6, 6.07) is 84.4. The molecule has 77 heavy (non-hydrogen) atoms. The first kappa shape index (κ1) is 49.3. The van der Waals surface area contributed by atoms with Crippen molar-refractivity contribution in [2.24, 2.45) is 0 Å². The summed E-state index contributed by atoms with van der Waals surface area (Å²) in [5.74, 6) is 0. The fourth-order valence-electron chi connectivity index (χ4n) is 10.2. The van der Waals surface area contributed by atoms with Crippen molar-refractivity contribution in [3.63, 3.8) is 0 Å². The van der Waals surface area contributed by atoms with Crippen molar-refractivity contribution in [2.45, 2.75) is 12.8 Å². The van der Waals surface area contributed by atoms with Crippen LogP contribution in [0.25, 0.3) is 116 Å². The largest absolute Gasteiger partial charge is 3.00 e. The van der Waals surface area contributed by atoms with E-state index in [2.05, 4.69) is 142 Å². The maximum Gasteiger partial charge on any atom is 3.00 e. The Bertz CT molecular complexity index is 4340. The van der Waals surface area contributed by atoms with Gasteiger partial charge >= 0.3 is 20.1 Å². The van der Waals surface area contributed by atoms with Crippen molar-refractivity contribution in [2.75, 3.05) is 0 Å². The molecule has 0 radical (unpaired) electrons. The number of aryl methyl sites for hydroxylation is 2. The molecule has 0 unspecified atom stereocenters. The second kappa shape index (κ2) is 21.9. The smallest absolute Gasteiger partial charge is 0.305 e. The third kappa shape index (κ3) is 9.95. The molecular weight excluding hydrogens is 1120 g/mol. The molecule has 0 fully saturated rings. The van der Waals surface area contributed by atoms with Crippen molar-refractivity contribution in [3.05, 3.63) is 277 Å². The van der Waals surface area contributed by atoms with Crippen LogP contribution >= 0.6 is 0 Å². The molecule has 7 heteroatoms. The predicted molar refractivity (Wildman–Crippen MR) is 304 cm³/mol. The van der Waals surface area contributed by atoms with Crippen LogP contribution in [-0.2, 0) is 32.9 Å². The zero-order valence-corrected chi connectivity index (χ0v) is 43.7. The van der Waals surface area contributed by atoms with Gasteiger partial charge < -0.3 is 15.0 Å². The molecule has 0 spiro atoms. The summed E-state index contributed by atoms with van der Waals surface area (Å²) in [6.07, 6.45) is 6.50. The van der Waals surface area contributed by atoms with Crippen LogP contribution in [0.2, 0.25) is 0 Å². The van der Waals surface area contributed by atoms with E-state index in [1.807, 2.05) is 115 Å². The summed E-state index contributed by atoms with van der Waals surface area (Å²) < 4.78 is 0. The second-order valence-electron chi connectivity index (χ2n) is 18.5. The zero-order valence-electron chi connectivity index (χ0n) is 41.3. The van der Waals surface area contributed by atoms with E-state index in [4.69, 9.17) is 11.6 Å². The molecule has 12 aromatic rings. The van der Waals surface area contributed by atoms with Crippen LogP contribution in [0.4, 0.5) is 5.69 Å². The molecule has 0 bridgehead atoms. The molecule has 360 valence electrons. The minimum atomic E-state index is 0. The van der Waals surface area contributed by atoms with Crippen LogP contribution in [-0.4, -0.2) is 15.0 Å². The van der Waals surface area contributed by atoms with Gasteiger partial charge in [0.25, 0.3) is 0 Å². The van der Waals surface area contributed by atoms with Gasteiger partial charge in [0.05, 0.1) is 18.7 Å². The molecular formula is C70H41IrN6. The average Bonchev–Trinajstić information content (AvgIpc) is 3.53. The van der Waals surface area contributed by atoms with E-state index in [0.29, 0.717) is 29.7 Å². The van der Waals surface area contributed by atoms with Gasteiger partial charge in [-0.2, -0.15) is 16.6 Å². The fraction of sp³-hybridized carbons (Fsp3) is 0.0286. The summed E-state index contributed by atoms with van der Waals surface area (Å²) in [4.78, 5) is 17.7. The molecule has 3 heterocycles. The van der Waals surface area contributed by atoms with Gasteiger partial charge in [-0.05, 0) is 125 Å². The van der Waals surface area contributed by atoms with Gasteiger partial charge in [-0.1, -0.05) is 168 Å². The maximum absolute atomic E-state index is 10.9. The molecule has 0 atom stereocenters. The van der Waals surface area contributed by atoms with Gasteiger partial charge in [0, 0.05) is 18.6 Å². The Kier molecular flexibility index (Phi) is 14.0. The molecule has 12 rings (SSSR count). The second-order valence-corrected chi connectivity index (χ2v) is 18.5. The van der Waals surface area contributed by atoms with Crippen LogP contribution in [0, 0.1) is 47.4 Å². The van der Waals surface area contributed by atoms with Crippen molar-refractivity contribution in [1.29, 1.82) is 10.5 Å². The number of aromatic nitrogens is 3. The molecule has 0 aliphatic heterocycles. The van der Waals surface area contributed by atoms with Crippen LogP contribution in [0.5, 0.6) is 0 Å². The van der Waals surface area contributed by atoms with E-state index < -0.39 is 0 Å². The van der Waals surface area contributed by atoms with Crippen LogP contribution in [0.3, 0.4) is 0 Å². The number of nitrogens with zero attached hydrogens (tertiary/aromatic N) is 6. The molecule has 0 aliphatic carbocycles. The van der Waals surface area contributed by atoms with E-state index in [1.165, 1.54) is 16.2 Å². The van der Waals surface area contributed by atoms with E-state index in [1.54, 1.807) is 12.4 Å². The summed E-state index contributed by atoms with van der Waals surface area (Å²) in [6.45, 7) is 8.14. The normalized spacial score (nSPS) is 10.8. The summed E-state index contributed by atoms with van der Waals surface area (Å²) >= 11 is 0. The number of rotatable bonds is 11. The van der Waals surface area contributed by atoms with Crippen molar-refractivity contribution >= 4 is 27.2 Å². The van der Waals surface area contributed by atoms with E-state index in [-0.39, 0.29) is 20.1 Å². The first-order valence-electron chi connectivity index (χ1n) is 24.9. The molecule has 0 saturated carbocycles. The van der Waals surface area contributed by atoms with Gasteiger partial charge in [-0.3, -0.25) is 4.85 Å². The minimum Gasteiger partial charge on any atom is -0.305 e. The van der Waals surface area contributed by atoms with Crippen LogP contribution in [0.15, 0.2) is 225 Å². The van der Waals surface area contributed by atoms with Crippen LogP contribution < -0.4 is 0 Å². The third-order valence-corrected chi connectivity index (χ3v) is 14.0. The topological polar surface area (TPSA) is 90.6 Å². The Morgan fingerprint density at radius 1 is 0.416 bits per heavy atom. The molecule has 3 aromatic heterocycles. The Labute approximate surface area is 461 Å². The van der Waals surface area contributed by atoms with Crippen LogP contribution in [0.1, 0.15) is 22.3 Å². The average molecular weight is 1160 g/mol. The standard InChI is InChI=1S/C70H41N6.Ir/c1-73-69-43-54(68-19-9-11-34-75-68)25-23-48(69)21-20-46-36-55(60-14-4-6-16-65(60)63-30-27-52(39-57(63)44-71)67-18-8-10-33-74-67)41-56(37-46)61-15-5-7-17-66(61)64-31-28-53(40-58(64)45-72)70-42-50(32-35-76-70)49-26-29-62-51(38-49)24-22-47-12-2-3-13-59(47)62;/h2-19,22-24,26,29-43H,20-21H2;/q-3;+3. The molecule has 9 aromatic carbocycles. The Morgan fingerprint density at radius 2 is 0.948 bits per heavy atom. The summed E-state index contributed by atoms with van der Waals surface area (Å²) in [5.41, 5.74) is 17.1. The minimum absolute atomic E-state index is 0. The van der Waals surface area contributed by atoms with Crippen molar-refractivity contribution < 1.29 is 20.1 Å². The molecule has 0 amide bonds. The Morgan fingerprint density at radius 3 is 1.57 bits per heavy atom. The van der Waals surface area contributed by atoms with Gasteiger partial charge in [-0.25, -0.2) is 0 Å². The zero-order chi connectivity index (χ0) is 51.4. The van der Waals surface area contributed by atoms with E-state index in [0.717, 1.165) is 106 Å². The maximum atomic E-state index is 10.9. The molecule has 0 saturated heterocycles. The molecule has 0 aliphatic rings. The number of hydrogen-bond donors (Lipinski definition) is 0. The molecule has 6 nitrogen and oxygen atoms in total. The van der Waals surface area contributed by atoms with Crippen molar-refractivity contribution in [3.8, 4) is 102 Å². The monoisotopic (exact) mass is 1160 g/mol. The summed E-state index contributed by atoms with van der Waals surface area (Å²) in [5, 5.41) is 26.3. The first-order chi connectivity index (χ1) is 37.5. The molecule has 0 N–H and O–H groups in total. The summed E-state index contributed by atoms with van der Waals surface area (Å²) in [7, 11) is 0.